The highest BCUT2D eigenvalue weighted by Gasteiger charge is 2.36. The van der Waals surface area contributed by atoms with Gasteiger partial charge in [-0.15, -0.1) is 0 Å². The number of anilines is 1. The van der Waals surface area contributed by atoms with Gasteiger partial charge in [-0.3, -0.25) is 10.1 Å². The van der Waals surface area contributed by atoms with E-state index < -0.39 is 46.2 Å². The van der Waals surface area contributed by atoms with Gasteiger partial charge in [-0.1, -0.05) is 0 Å². The minimum Gasteiger partial charge on any atom is -0.479 e. The van der Waals surface area contributed by atoms with Crippen molar-refractivity contribution in [1.82, 2.24) is 0 Å². The summed E-state index contributed by atoms with van der Waals surface area (Å²) in [7, 11) is 0. The van der Waals surface area contributed by atoms with Crippen LogP contribution in [0.15, 0.2) is 18.2 Å². The number of halogens is 3. The maximum atomic E-state index is 12.8. The van der Waals surface area contributed by atoms with Crippen LogP contribution < -0.4 is 5.32 Å². The first-order chi connectivity index (χ1) is 9.45. The highest BCUT2D eigenvalue weighted by molar-refractivity contribution is 5.77. The Kier molecular flexibility index (Phi) is 4.42. The third-order valence-corrected chi connectivity index (χ3v) is 2.60. The Hall–Kier alpha value is -2.36. The fourth-order valence-corrected chi connectivity index (χ4v) is 1.38. The lowest BCUT2D eigenvalue weighted by molar-refractivity contribution is -0.385. The highest BCUT2D eigenvalue weighted by atomic mass is 19.4. The molecule has 3 N–H and O–H groups in total. The number of hydrogen-bond acceptors (Lipinski definition) is 5. The summed E-state index contributed by atoms with van der Waals surface area (Å²) in [6.45, 7) is 0.199. The number of hydrogen-bond donors (Lipinski definition) is 3. The summed E-state index contributed by atoms with van der Waals surface area (Å²) in [5.74, 6) is -1.62. The van der Waals surface area contributed by atoms with Crippen molar-refractivity contribution in [1.29, 1.82) is 0 Å². The number of carbonyl (C=O) groups is 1. The molecule has 0 spiro atoms. The lowest BCUT2D eigenvalue weighted by atomic mass is 10.1. The van der Waals surface area contributed by atoms with Gasteiger partial charge in [0.15, 0.2) is 5.60 Å². The zero-order valence-electron chi connectivity index (χ0n) is 10.6. The van der Waals surface area contributed by atoms with Crippen LogP contribution in [0, 0.1) is 10.1 Å². The van der Waals surface area contributed by atoms with Crippen LogP contribution >= 0.6 is 0 Å². The van der Waals surface area contributed by atoms with Crippen LogP contribution in [-0.2, 0) is 11.0 Å². The van der Waals surface area contributed by atoms with E-state index in [0.29, 0.717) is 6.07 Å². The minimum atomic E-state index is -4.87. The summed E-state index contributed by atoms with van der Waals surface area (Å²) in [6.07, 6.45) is -4.87. The molecule has 0 saturated carbocycles. The molecule has 1 aromatic rings. The summed E-state index contributed by atoms with van der Waals surface area (Å²) < 4.78 is 38.5. The SMILES string of the molecule is CC(O)(CNc1ccc([N+](=O)[O-])cc1C(F)(F)F)C(=O)O. The number of benzene rings is 1. The van der Waals surface area contributed by atoms with Gasteiger partial charge in [0.1, 0.15) is 0 Å². The molecular weight excluding hydrogens is 297 g/mol. The van der Waals surface area contributed by atoms with Crippen molar-refractivity contribution < 1.29 is 33.1 Å². The van der Waals surface area contributed by atoms with E-state index in [-0.39, 0.29) is 0 Å². The van der Waals surface area contributed by atoms with Crippen molar-refractivity contribution in [2.75, 3.05) is 11.9 Å². The number of aliphatic carboxylic acids is 1. The molecule has 10 heteroatoms. The molecule has 0 aliphatic carbocycles. The van der Waals surface area contributed by atoms with Gasteiger partial charge < -0.3 is 15.5 Å². The van der Waals surface area contributed by atoms with Crippen molar-refractivity contribution in [3.8, 4) is 0 Å². The number of nitrogens with one attached hydrogen (secondary N) is 1. The Morgan fingerprint density at radius 1 is 1.43 bits per heavy atom. The highest BCUT2D eigenvalue weighted by Crippen LogP contribution is 2.37. The van der Waals surface area contributed by atoms with Crippen molar-refractivity contribution in [3.63, 3.8) is 0 Å². The molecule has 0 saturated heterocycles. The number of nitro groups is 1. The number of rotatable bonds is 5. The van der Waals surface area contributed by atoms with E-state index in [2.05, 4.69) is 5.32 Å². The quantitative estimate of drug-likeness (QED) is 0.565. The topological polar surface area (TPSA) is 113 Å². The number of non-ortho nitro benzene ring substituents is 1. The number of carboxylic acids is 1. The summed E-state index contributed by atoms with van der Waals surface area (Å²) in [5, 5.41) is 30.7. The van der Waals surface area contributed by atoms with Gasteiger partial charge in [-0.2, -0.15) is 13.2 Å². The van der Waals surface area contributed by atoms with E-state index in [4.69, 9.17) is 5.11 Å². The van der Waals surface area contributed by atoms with Gasteiger partial charge in [0.25, 0.3) is 5.69 Å². The van der Waals surface area contributed by atoms with E-state index in [9.17, 15) is 33.2 Å². The second-order valence-corrected chi connectivity index (χ2v) is 4.42. The van der Waals surface area contributed by atoms with Gasteiger partial charge >= 0.3 is 12.1 Å². The minimum absolute atomic E-state index is 0.331. The molecule has 0 heterocycles. The number of carboxylic acid groups (broad SMARTS) is 1. The standard InChI is InChI=1S/C11H11F3N2O5/c1-10(19,9(17)18)5-15-8-3-2-6(16(20)21)4-7(8)11(12,13)14/h2-4,15,19H,5H2,1H3,(H,17,18). The molecule has 0 aliphatic heterocycles. The Labute approximate surface area is 116 Å². The van der Waals surface area contributed by atoms with Crippen LogP contribution in [0.5, 0.6) is 0 Å². The molecule has 1 aromatic carbocycles. The fourth-order valence-electron chi connectivity index (χ4n) is 1.38. The van der Waals surface area contributed by atoms with Gasteiger partial charge in [0.2, 0.25) is 0 Å². The Bertz CT molecular complexity index is 571. The van der Waals surface area contributed by atoms with Crippen LogP contribution in [0.2, 0.25) is 0 Å². The van der Waals surface area contributed by atoms with Gasteiger partial charge in [0, 0.05) is 17.8 Å². The Morgan fingerprint density at radius 2 is 2.00 bits per heavy atom. The van der Waals surface area contributed by atoms with Crippen molar-refractivity contribution in [2.45, 2.75) is 18.7 Å². The predicted octanol–water partition coefficient (Wildman–Crippen LogP) is 1.86. The third-order valence-electron chi connectivity index (χ3n) is 2.60. The zero-order chi connectivity index (χ0) is 16.4. The van der Waals surface area contributed by atoms with Crippen LogP contribution in [-0.4, -0.2) is 33.3 Å². The zero-order valence-corrected chi connectivity index (χ0v) is 10.6. The van der Waals surface area contributed by atoms with Crippen LogP contribution in [0.1, 0.15) is 12.5 Å². The first kappa shape index (κ1) is 16.7. The van der Waals surface area contributed by atoms with Gasteiger partial charge in [-0.05, 0) is 13.0 Å². The lowest BCUT2D eigenvalue weighted by Crippen LogP contribution is -2.42. The molecule has 116 valence electrons. The summed E-state index contributed by atoms with van der Waals surface area (Å²) >= 11 is 0. The third kappa shape index (κ3) is 4.05. The number of alkyl halides is 3. The number of nitro benzene ring substituents is 1. The second-order valence-electron chi connectivity index (χ2n) is 4.42. The predicted molar refractivity (Wildman–Crippen MR) is 64.8 cm³/mol. The fraction of sp³-hybridized carbons (Fsp3) is 0.364. The van der Waals surface area contributed by atoms with Gasteiger partial charge in [0.05, 0.1) is 17.0 Å². The molecule has 0 aliphatic rings. The lowest BCUT2D eigenvalue weighted by Gasteiger charge is -2.21. The van der Waals surface area contributed by atoms with E-state index in [1.54, 1.807) is 0 Å². The molecule has 7 nitrogen and oxygen atoms in total. The summed E-state index contributed by atoms with van der Waals surface area (Å²) in [4.78, 5) is 20.2. The molecular formula is C11H11F3N2O5. The number of aliphatic hydroxyl groups is 1. The molecule has 1 unspecified atom stereocenters. The smallest absolute Gasteiger partial charge is 0.418 e. The van der Waals surface area contributed by atoms with Gasteiger partial charge in [-0.25, -0.2) is 4.79 Å². The average molecular weight is 308 g/mol. The summed E-state index contributed by atoms with van der Waals surface area (Å²) in [5.41, 5.74) is -4.92. The Morgan fingerprint density at radius 3 is 2.43 bits per heavy atom. The van der Waals surface area contributed by atoms with Crippen LogP contribution in [0.3, 0.4) is 0 Å². The van der Waals surface area contributed by atoms with Crippen LogP contribution in [0.4, 0.5) is 24.5 Å². The maximum absolute atomic E-state index is 12.8. The molecule has 1 atom stereocenters. The second kappa shape index (κ2) is 5.56. The molecule has 21 heavy (non-hydrogen) atoms. The van der Waals surface area contributed by atoms with Crippen molar-refractivity contribution in [3.05, 3.63) is 33.9 Å². The molecule has 0 bridgehead atoms. The molecule has 0 radical (unpaired) electrons. The van der Waals surface area contributed by atoms with E-state index in [1.807, 2.05) is 0 Å². The molecule has 1 rings (SSSR count). The molecule has 0 aromatic heterocycles. The Balaban J connectivity index is 3.13. The summed E-state index contributed by atoms with van der Waals surface area (Å²) in [6, 6.07) is 1.98. The maximum Gasteiger partial charge on any atom is 0.418 e. The van der Waals surface area contributed by atoms with Crippen LogP contribution in [0.25, 0.3) is 0 Å². The van der Waals surface area contributed by atoms with Crippen molar-refractivity contribution in [2.24, 2.45) is 0 Å². The first-order valence-corrected chi connectivity index (χ1v) is 5.50. The van der Waals surface area contributed by atoms with E-state index >= 15 is 0 Å². The van der Waals surface area contributed by atoms with Crippen molar-refractivity contribution >= 4 is 17.3 Å². The largest absolute Gasteiger partial charge is 0.479 e. The monoisotopic (exact) mass is 308 g/mol. The molecule has 0 fully saturated rings. The van der Waals surface area contributed by atoms with E-state index in [1.165, 1.54) is 0 Å². The average Bonchev–Trinajstić information content (AvgIpc) is 2.34. The number of nitrogens with zero attached hydrogens (tertiary/aromatic N) is 1. The van der Waals surface area contributed by atoms with E-state index in [0.717, 1.165) is 19.1 Å². The molecule has 0 amide bonds. The normalized spacial score (nSPS) is 14.3. The first-order valence-electron chi connectivity index (χ1n) is 5.50.